The highest BCUT2D eigenvalue weighted by molar-refractivity contribution is 5.90. The van der Waals surface area contributed by atoms with Crippen LogP contribution in [0.1, 0.15) is 24.9 Å². The lowest BCUT2D eigenvalue weighted by Crippen LogP contribution is -2.42. The highest BCUT2D eigenvalue weighted by Crippen LogP contribution is 2.44. The summed E-state index contributed by atoms with van der Waals surface area (Å²) in [6.45, 7) is 3.35. The number of hydrogen-bond donors (Lipinski definition) is 4. The summed E-state index contributed by atoms with van der Waals surface area (Å²) >= 11 is 0. The molecule has 2 heterocycles. The van der Waals surface area contributed by atoms with Crippen molar-refractivity contribution < 1.29 is 20.2 Å². The fraction of sp³-hybridized carbons (Fsp3) is 0.600. The molecule has 1 aliphatic carbocycles. The minimum atomic E-state index is -1.36. The second-order valence-corrected chi connectivity index (χ2v) is 6.31. The van der Waals surface area contributed by atoms with Crippen molar-refractivity contribution in [3.05, 3.63) is 18.1 Å². The third-order valence-electron chi connectivity index (χ3n) is 4.81. The molecule has 3 rings (SSSR count). The number of anilines is 1. The monoisotopic (exact) mass is 322 g/mol. The molecule has 2 aromatic heterocycles. The van der Waals surface area contributed by atoms with E-state index in [2.05, 4.69) is 15.4 Å². The zero-order chi connectivity index (χ0) is 16.8. The molecule has 0 aliphatic heterocycles. The predicted octanol–water partition coefficient (Wildman–Crippen LogP) is 0.378. The lowest BCUT2D eigenvalue weighted by molar-refractivity contribution is -0.0776. The first-order valence-corrected chi connectivity index (χ1v) is 7.54. The van der Waals surface area contributed by atoms with E-state index in [4.69, 9.17) is 4.84 Å². The maximum absolute atomic E-state index is 10.8. The van der Waals surface area contributed by atoms with Crippen LogP contribution in [0.2, 0.25) is 0 Å². The van der Waals surface area contributed by atoms with E-state index in [-0.39, 0.29) is 12.5 Å². The number of aliphatic hydroxyl groups is 3. The van der Waals surface area contributed by atoms with Gasteiger partial charge in [0.1, 0.15) is 17.6 Å². The third kappa shape index (κ3) is 2.38. The van der Waals surface area contributed by atoms with Crippen LogP contribution in [0.15, 0.2) is 12.5 Å². The van der Waals surface area contributed by atoms with Gasteiger partial charge in [-0.1, -0.05) is 0 Å². The maximum Gasteiger partial charge on any atom is 0.162 e. The Balaban J connectivity index is 2.13. The van der Waals surface area contributed by atoms with Crippen LogP contribution in [0.5, 0.6) is 0 Å². The lowest BCUT2D eigenvalue weighted by atomic mass is 9.96. The molecule has 8 nitrogen and oxygen atoms in total. The Morgan fingerprint density at radius 2 is 2.22 bits per heavy atom. The molecule has 126 valence electrons. The maximum atomic E-state index is 10.8. The van der Waals surface area contributed by atoms with Crippen molar-refractivity contribution in [2.45, 2.75) is 38.0 Å². The van der Waals surface area contributed by atoms with Gasteiger partial charge >= 0.3 is 0 Å². The molecule has 0 aromatic carbocycles. The van der Waals surface area contributed by atoms with Gasteiger partial charge in [0.05, 0.1) is 24.6 Å². The highest BCUT2D eigenvalue weighted by Gasteiger charge is 2.51. The van der Waals surface area contributed by atoms with Crippen molar-refractivity contribution in [2.75, 3.05) is 19.2 Å². The minimum Gasteiger partial charge on any atom is -0.396 e. The molecule has 0 amide bonds. The van der Waals surface area contributed by atoms with Gasteiger partial charge in [0.2, 0.25) is 0 Å². The molecule has 1 aliphatic rings. The van der Waals surface area contributed by atoms with Crippen LogP contribution in [-0.4, -0.2) is 55.3 Å². The second-order valence-electron chi connectivity index (χ2n) is 6.31. The molecule has 4 N–H and O–H groups in total. The fourth-order valence-corrected chi connectivity index (χ4v) is 3.58. The van der Waals surface area contributed by atoms with Gasteiger partial charge in [0.15, 0.2) is 5.82 Å². The molecule has 2 aromatic rings. The van der Waals surface area contributed by atoms with E-state index in [1.165, 1.54) is 13.4 Å². The van der Waals surface area contributed by atoms with Crippen molar-refractivity contribution in [1.82, 2.24) is 14.5 Å². The summed E-state index contributed by atoms with van der Waals surface area (Å²) in [4.78, 5) is 13.4. The van der Waals surface area contributed by atoms with E-state index in [0.717, 1.165) is 10.9 Å². The first kappa shape index (κ1) is 16.1. The van der Waals surface area contributed by atoms with E-state index < -0.39 is 17.7 Å². The molecular formula is C15H22N4O4. The van der Waals surface area contributed by atoms with Crippen LogP contribution < -0.4 is 5.48 Å². The zero-order valence-corrected chi connectivity index (χ0v) is 13.4. The lowest BCUT2D eigenvalue weighted by Gasteiger charge is -2.30. The Hall–Kier alpha value is -1.74. The molecule has 0 radical (unpaired) electrons. The van der Waals surface area contributed by atoms with Crippen molar-refractivity contribution in [2.24, 2.45) is 5.92 Å². The Bertz CT molecular complexity index is 715. The second kappa shape index (κ2) is 5.72. The molecule has 0 spiro atoms. The van der Waals surface area contributed by atoms with Gasteiger partial charge in [0.25, 0.3) is 0 Å². The van der Waals surface area contributed by atoms with Crippen LogP contribution in [0.4, 0.5) is 5.82 Å². The van der Waals surface area contributed by atoms with Gasteiger partial charge in [-0.2, -0.15) is 0 Å². The van der Waals surface area contributed by atoms with E-state index in [1.807, 2.05) is 17.7 Å². The van der Waals surface area contributed by atoms with Crippen LogP contribution in [-0.2, 0) is 4.84 Å². The number of aromatic nitrogens is 3. The topological polar surface area (TPSA) is 113 Å². The third-order valence-corrected chi connectivity index (χ3v) is 4.81. The summed E-state index contributed by atoms with van der Waals surface area (Å²) in [6, 6.07) is -0.392. The summed E-state index contributed by atoms with van der Waals surface area (Å²) in [7, 11) is 1.50. The molecule has 0 saturated heterocycles. The molecule has 0 bridgehead atoms. The van der Waals surface area contributed by atoms with Crippen molar-refractivity contribution in [1.29, 1.82) is 0 Å². The number of nitrogens with one attached hydrogen (secondary N) is 1. The highest BCUT2D eigenvalue weighted by atomic mass is 16.6. The van der Waals surface area contributed by atoms with Gasteiger partial charge in [-0.25, -0.2) is 15.4 Å². The van der Waals surface area contributed by atoms with Crippen LogP contribution >= 0.6 is 0 Å². The average molecular weight is 322 g/mol. The van der Waals surface area contributed by atoms with Crippen molar-refractivity contribution in [3.63, 3.8) is 0 Å². The molecule has 1 saturated carbocycles. The SMILES string of the molecule is CONc1ncnc2c1c(C)cn2C1CC(CO)C(O)[C@@]1(C)O. The number of fused-ring (bicyclic) bond motifs is 1. The summed E-state index contributed by atoms with van der Waals surface area (Å²) in [5.74, 6) is 0.178. The Morgan fingerprint density at radius 1 is 1.48 bits per heavy atom. The van der Waals surface area contributed by atoms with Gasteiger partial charge in [-0.05, 0) is 25.8 Å². The smallest absolute Gasteiger partial charge is 0.162 e. The van der Waals surface area contributed by atoms with E-state index in [0.29, 0.717) is 17.9 Å². The van der Waals surface area contributed by atoms with E-state index >= 15 is 0 Å². The number of rotatable bonds is 4. The van der Waals surface area contributed by atoms with Crippen molar-refractivity contribution >= 4 is 16.9 Å². The van der Waals surface area contributed by atoms with E-state index in [1.54, 1.807) is 6.92 Å². The summed E-state index contributed by atoms with van der Waals surface area (Å²) in [5, 5.41) is 31.3. The molecule has 23 heavy (non-hydrogen) atoms. The summed E-state index contributed by atoms with van der Waals surface area (Å²) in [6.07, 6.45) is 2.77. The number of nitrogens with zero attached hydrogens (tertiary/aromatic N) is 3. The Kier molecular flexibility index (Phi) is 4.01. The molecular weight excluding hydrogens is 300 g/mol. The van der Waals surface area contributed by atoms with Gasteiger partial charge < -0.3 is 19.9 Å². The summed E-state index contributed by atoms with van der Waals surface area (Å²) < 4.78 is 1.85. The first-order valence-electron chi connectivity index (χ1n) is 7.54. The number of aliphatic hydroxyl groups excluding tert-OH is 2. The minimum absolute atomic E-state index is 0.169. The Morgan fingerprint density at radius 3 is 2.83 bits per heavy atom. The van der Waals surface area contributed by atoms with Crippen molar-refractivity contribution in [3.8, 4) is 0 Å². The van der Waals surface area contributed by atoms with Crippen LogP contribution in [0.25, 0.3) is 11.0 Å². The molecule has 4 atom stereocenters. The van der Waals surface area contributed by atoms with Crippen LogP contribution in [0, 0.1) is 12.8 Å². The van der Waals surface area contributed by atoms with E-state index in [9.17, 15) is 15.3 Å². The number of hydrogen-bond acceptors (Lipinski definition) is 7. The quantitative estimate of drug-likeness (QED) is 0.602. The molecule has 1 fully saturated rings. The van der Waals surface area contributed by atoms with Gasteiger partial charge in [0, 0.05) is 18.7 Å². The standard InChI is InChI=1S/C15H22N4O4/c1-8-5-19(10-4-9(6-20)12(21)15(10,2)22)14-11(8)13(18-23-3)16-7-17-14/h5,7,9-10,12,20-22H,4,6H2,1-3H3,(H,16,17,18)/t9?,10?,12?,15-/m0/s1. The predicted molar refractivity (Wildman–Crippen MR) is 83.8 cm³/mol. The largest absolute Gasteiger partial charge is 0.396 e. The normalized spacial score (nSPS) is 31.0. The number of aryl methyl sites for hydroxylation is 1. The van der Waals surface area contributed by atoms with Gasteiger partial charge in [-0.15, -0.1) is 0 Å². The Labute approximate surface area is 133 Å². The van der Waals surface area contributed by atoms with Crippen LogP contribution in [0.3, 0.4) is 0 Å². The summed E-state index contributed by atoms with van der Waals surface area (Å²) in [5.41, 5.74) is 2.95. The van der Waals surface area contributed by atoms with Gasteiger partial charge in [-0.3, -0.25) is 4.84 Å². The average Bonchev–Trinajstić information content (AvgIpc) is 2.96. The fourth-order valence-electron chi connectivity index (χ4n) is 3.58. The molecule has 3 unspecified atom stereocenters. The zero-order valence-electron chi connectivity index (χ0n) is 13.4. The molecule has 8 heteroatoms. The first-order chi connectivity index (χ1) is 10.9.